The quantitative estimate of drug-likeness (QED) is 0.491. The standard InChI is InChI=1S/C12H19N3O3S/c1-17-8-6-15(7-9-18-2)11(16)10-19-12-13-4-3-5-14-12/h3-5H,6-10H2,1-2H3. The summed E-state index contributed by atoms with van der Waals surface area (Å²) in [6.07, 6.45) is 3.32. The minimum absolute atomic E-state index is 0.0338. The minimum atomic E-state index is 0.0338. The van der Waals surface area contributed by atoms with Gasteiger partial charge in [-0.2, -0.15) is 0 Å². The molecule has 0 spiro atoms. The second-order valence-electron chi connectivity index (χ2n) is 3.69. The number of rotatable bonds is 9. The summed E-state index contributed by atoms with van der Waals surface area (Å²) in [4.78, 5) is 21.9. The molecule has 0 fully saturated rings. The predicted molar refractivity (Wildman–Crippen MR) is 73.1 cm³/mol. The van der Waals surface area contributed by atoms with Crippen LogP contribution in [0.5, 0.6) is 0 Å². The molecular weight excluding hydrogens is 266 g/mol. The normalized spacial score (nSPS) is 10.4. The van der Waals surface area contributed by atoms with Crippen LogP contribution in [-0.2, 0) is 14.3 Å². The Morgan fingerprint density at radius 1 is 1.21 bits per heavy atom. The van der Waals surface area contributed by atoms with Crippen molar-refractivity contribution in [1.29, 1.82) is 0 Å². The largest absolute Gasteiger partial charge is 0.383 e. The summed E-state index contributed by atoms with van der Waals surface area (Å²) in [5, 5.41) is 0.606. The van der Waals surface area contributed by atoms with Crippen LogP contribution in [0.3, 0.4) is 0 Å². The Kier molecular flexibility index (Phi) is 8.11. The summed E-state index contributed by atoms with van der Waals surface area (Å²) in [5.41, 5.74) is 0. The highest BCUT2D eigenvalue weighted by Gasteiger charge is 2.13. The smallest absolute Gasteiger partial charge is 0.233 e. The SMILES string of the molecule is COCCN(CCOC)C(=O)CSc1ncccn1. The summed E-state index contributed by atoms with van der Waals surface area (Å²) < 4.78 is 10.00. The fourth-order valence-corrected chi connectivity index (χ4v) is 2.05. The number of carbonyl (C=O) groups is 1. The lowest BCUT2D eigenvalue weighted by Gasteiger charge is -2.21. The first-order chi connectivity index (χ1) is 9.27. The molecule has 0 atom stereocenters. The van der Waals surface area contributed by atoms with Crippen LogP contribution in [-0.4, -0.2) is 67.1 Å². The van der Waals surface area contributed by atoms with E-state index in [-0.39, 0.29) is 5.91 Å². The zero-order chi connectivity index (χ0) is 13.9. The van der Waals surface area contributed by atoms with Crippen molar-refractivity contribution in [3.63, 3.8) is 0 Å². The van der Waals surface area contributed by atoms with Gasteiger partial charge in [0.25, 0.3) is 0 Å². The van der Waals surface area contributed by atoms with E-state index in [2.05, 4.69) is 9.97 Å². The van der Waals surface area contributed by atoms with E-state index < -0.39 is 0 Å². The Balaban J connectivity index is 2.41. The number of methoxy groups -OCH3 is 2. The number of carbonyl (C=O) groups excluding carboxylic acids is 1. The molecule has 19 heavy (non-hydrogen) atoms. The lowest BCUT2D eigenvalue weighted by molar-refractivity contribution is -0.129. The third-order valence-electron chi connectivity index (χ3n) is 2.35. The molecule has 6 nitrogen and oxygen atoms in total. The molecule has 0 aliphatic heterocycles. The monoisotopic (exact) mass is 285 g/mol. The summed E-state index contributed by atoms with van der Waals surface area (Å²) in [5.74, 6) is 0.351. The molecule has 0 aliphatic carbocycles. The number of hydrogen-bond donors (Lipinski definition) is 0. The molecule has 0 bridgehead atoms. The summed E-state index contributed by atoms with van der Waals surface area (Å²) in [6.45, 7) is 2.16. The molecule has 0 saturated heterocycles. The van der Waals surface area contributed by atoms with Crippen molar-refractivity contribution < 1.29 is 14.3 Å². The van der Waals surface area contributed by atoms with Gasteiger partial charge in [0.2, 0.25) is 5.91 Å². The Morgan fingerprint density at radius 3 is 2.32 bits per heavy atom. The first-order valence-corrected chi connectivity index (χ1v) is 6.92. The number of ether oxygens (including phenoxy) is 2. The summed E-state index contributed by atoms with van der Waals surface area (Å²) >= 11 is 1.33. The lowest BCUT2D eigenvalue weighted by atomic mass is 10.4. The molecule has 1 heterocycles. The zero-order valence-corrected chi connectivity index (χ0v) is 12.1. The van der Waals surface area contributed by atoms with Gasteiger partial charge in [-0.3, -0.25) is 4.79 Å². The van der Waals surface area contributed by atoms with Crippen LogP contribution in [0.25, 0.3) is 0 Å². The molecule has 1 amide bonds. The summed E-state index contributed by atoms with van der Waals surface area (Å²) in [6, 6.07) is 1.75. The van der Waals surface area contributed by atoms with Crippen molar-refractivity contribution >= 4 is 17.7 Å². The van der Waals surface area contributed by atoms with E-state index in [1.165, 1.54) is 11.8 Å². The molecule has 0 saturated carbocycles. The third kappa shape index (κ3) is 6.51. The molecule has 0 radical (unpaired) electrons. The van der Waals surface area contributed by atoms with E-state index in [1.807, 2.05) is 0 Å². The lowest BCUT2D eigenvalue weighted by Crippen LogP contribution is -2.37. The van der Waals surface area contributed by atoms with Crippen LogP contribution in [0.15, 0.2) is 23.6 Å². The molecule has 0 aromatic carbocycles. The van der Waals surface area contributed by atoms with Crippen molar-refractivity contribution in [1.82, 2.24) is 14.9 Å². The maximum atomic E-state index is 12.1. The highest BCUT2D eigenvalue weighted by Crippen LogP contribution is 2.11. The average Bonchev–Trinajstić information content (AvgIpc) is 2.46. The molecular formula is C12H19N3O3S. The highest BCUT2D eigenvalue weighted by molar-refractivity contribution is 7.99. The van der Waals surface area contributed by atoms with Crippen LogP contribution < -0.4 is 0 Å². The van der Waals surface area contributed by atoms with Gasteiger partial charge in [0.1, 0.15) is 0 Å². The summed E-state index contributed by atoms with van der Waals surface area (Å²) in [7, 11) is 3.23. The van der Waals surface area contributed by atoms with Gasteiger partial charge in [0.05, 0.1) is 19.0 Å². The van der Waals surface area contributed by atoms with Crippen molar-refractivity contribution in [2.24, 2.45) is 0 Å². The van der Waals surface area contributed by atoms with Gasteiger partial charge < -0.3 is 14.4 Å². The minimum Gasteiger partial charge on any atom is -0.383 e. The average molecular weight is 285 g/mol. The van der Waals surface area contributed by atoms with Gasteiger partial charge in [0.15, 0.2) is 5.16 Å². The second kappa shape index (κ2) is 9.71. The van der Waals surface area contributed by atoms with Gasteiger partial charge in [-0.25, -0.2) is 9.97 Å². The highest BCUT2D eigenvalue weighted by atomic mass is 32.2. The maximum absolute atomic E-state index is 12.1. The van der Waals surface area contributed by atoms with Gasteiger partial charge in [-0.1, -0.05) is 11.8 Å². The number of hydrogen-bond acceptors (Lipinski definition) is 6. The van der Waals surface area contributed by atoms with Crippen molar-refractivity contribution in [2.75, 3.05) is 46.3 Å². The number of amides is 1. The first kappa shape index (κ1) is 15.9. The topological polar surface area (TPSA) is 64.6 Å². The Hall–Kier alpha value is -1.18. The van der Waals surface area contributed by atoms with Gasteiger partial charge in [-0.05, 0) is 6.07 Å². The second-order valence-corrected chi connectivity index (χ2v) is 4.63. The van der Waals surface area contributed by atoms with Crippen molar-refractivity contribution in [3.8, 4) is 0 Å². The van der Waals surface area contributed by atoms with Gasteiger partial charge >= 0.3 is 0 Å². The zero-order valence-electron chi connectivity index (χ0n) is 11.2. The predicted octanol–water partition coefficient (Wildman–Crippen LogP) is 0.690. The van der Waals surface area contributed by atoms with E-state index in [4.69, 9.17) is 9.47 Å². The van der Waals surface area contributed by atoms with E-state index in [0.717, 1.165) is 0 Å². The molecule has 1 rings (SSSR count). The third-order valence-corrected chi connectivity index (χ3v) is 3.21. The Morgan fingerprint density at radius 2 is 1.79 bits per heavy atom. The number of nitrogens with zero attached hydrogens (tertiary/aromatic N) is 3. The fraction of sp³-hybridized carbons (Fsp3) is 0.583. The van der Waals surface area contributed by atoms with Crippen LogP contribution in [0.1, 0.15) is 0 Å². The van der Waals surface area contributed by atoms with E-state index >= 15 is 0 Å². The number of aromatic nitrogens is 2. The first-order valence-electron chi connectivity index (χ1n) is 5.93. The number of thioether (sulfide) groups is 1. The molecule has 106 valence electrons. The van der Waals surface area contributed by atoms with E-state index in [0.29, 0.717) is 37.2 Å². The van der Waals surface area contributed by atoms with Gasteiger partial charge in [-0.15, -0.1) is 0 Å². The van der Waals surface area contributed by atoms with Crippen LogP contribution in [0, 0.1) is 0 Å². The molecule has 7 heteroatoms. The van der Waals surface area contributed by atoms with Crippen molar-refractivity contribution in [3.05, 3.63) is 18.5 Å². The molecule has 0 unspecified atom stereocenters. The van der Waals surface area contributed by atoms with Crippen LogP contribution in [0.2, 0.25) is 0 Å². The Bertz CT molecular complexity index is 356. The Labute approximate surface area is 117 Å². The fourth-order valence-electron chi connectivity index (χ4n) is 1.34. The van der Waals surface area contributed by atoms with Crippen LogP contribution >= 0.6 is 11.8 Å². The maximum Gasteiger partial charge on any atom is 0.233 e. The van der Waals surface area contributed by atoms with E-state index in [1.54, 1.807) is 37.6 Å². The van der Waals surface area contributed by atoms with Gasteiger partial charge in [0, 0.05) is 39.7 Å². The molecule has 1 aromatic rings. The molecule has 1 aromatic heterocycles. The van der Waals surface area contributed by atoms with E-state index in [9.17, 15) is 4.79 Å². The van der Waals surface area contributed by atoms with Crippen LogP contribution in [0.4, 0.5) is 0 Å². The molecule has 0 aliphatic rings. The van der Waals surface area contributed by atoms with Crippen molar-refractivity contribution in [2.45, 2.75) is 5.16 Å². The molecule has 0 N–H and O–H groups in total.